The van der Waals surface area contributed by atoms with E-state index >= 15 is 0 Å². The fraction of sp³-hybridized carbons (Fsp3) is 0.167. The van der Waals surface area contributed by atoms with E-state index in [-0.39, 0.29) is 12.3 Å². The molecule has 0 fully saturated rings. The molecule has 29 heavy (non-hydrogen) atoms. The monoisotopic (exact) mass is 422 g/mol. The molecule has 0 aromatic heterocycles. The van der Waals surface area contributed by atoms with Crippen molar-refractivity contribution in [2.75, 3.05) is 23.7 Å². The summed E-state index contributed by atoms with van der Waals surface area (Å²) in [5.41, 5.74) is 7.54. The molecule has 9 nitrogen and oxygen atoms in total. The number of carbonyl (C=O) groups excluding carboxylic acids is 2. The van der Waals surface area contributed by atoms with Crippen LogP contribution in [0.2, 0.25) is 0 Å². The van der Waals surface area contributed by atoms with E-state index in [0.29, 0.717) is 15.6 Å². The second-order valence-corrected chi connectivity index (χ2v) is 7.75. The summed E-state index contributed by atoms with van der Waals surface area (Å²) in [6, 6.07) is 11.6. The lowest BCUT2D eigenvalue weighted by atomic mass is 10.2. The predicted octanol–water partition coefficient (Wildman–Crippen LogP) is 0.606. The van der Waals surface area contributed by atoms with E-state index in [4.69, 9.17) is 10.5 Å². The van der Waals surface area contributed by atoms with Crippen molar-refractivity contribution in [3.63, 3.8) is 0 Å². The number of ether oxygens (including phenoxy) is 1. The number of hydrogen-bond acceptors (Lipinski definition) is 6. The third-order valence-corrected chi connectivity index (χ3v) is 4.60. The number of hydrogen-bond donors (Lipinski definition) is 2. The molecular weight excluding hydrogens is 403 g/mol. The maximum atomic E-state index is 13.9. The first-order chi connectivity index (χ1) is 13.7. The van der Waals surface area contributed by atoms with Gasteiger partial charge in [0, 0.05) is 0 Å². The van der Waals surface area contributed by atoms with Crippen LogP contribution in [0.5, 0.6) is 5.75 Å². The fourth-order valence-electron chi connectivity index (χ4n) is 2.18. The number of nitrogens with one attached hydrogen (secondary N) is 1. The first kappa shape index (κ1) is 21.8. The van der Waals surface area contributed by atoms with E-state index in [2.05, 4.69) is 10.5 Å². The smallest absolute Gasteiger partial charge is 0.260 e. The molecule has 2 aromatic rings. The Hall–Kier alpha value is -3.47. The van der Waals surface area contributed by atoms with E-state index in [1.807, 2.05) is 0 Å². The molecule has 0 atom stereocenters. The molecule has 2 rings (SSSR count). The number of nitrogens with zero attached hydrogens (tertiary/aromatic N) is 2. The first-order valence-corrected chi connectivity index (χ1v) is 10.1. The van der Waals surface area contributed by atoms with Crippen LogP contribution in [0, 0.1) is 5.82 Å². The minimum absolute atomic E-state index is 0.235. The molecule has 0 aliphatic rings. The minimum Gasteiger partial charge on any atom is -0.484 e. The number of halogens is 1. The van der Waals surface area contributed by atoms with Crippen molar-refractivity contribution in [2.45, 2.75) is 0 Å². The number of amides is 2. The van der Waals surface area contributed by atoms with Crippen LogP contribution in [0.15, 0.2) is 53.6 Å². The molecule has 2 amide bonds. The van der Waals surface area contributed by atoms with Gasteiger partial charge in [0.05, 0.1) is 18.2 Å². The highest BCUT2D eigenvalue weighted by Gasteiger charge is 2.23. The predicted molar refractivity (Wildman–Crippen MR) is 105 cm³/mol. The number of carbonyl (C=O) groups is 2. The third kappa shape index (κ3) is 6.88. The highest BCUT2D eigenvalue weighted by Crippen LogP contribution is 2.20. The Morgan fingerprint density at radius 3 is 2.45 bits per heavy atom. The molecule has 0 unspecified atom stereocenters. The average molecular weight is 422 g/mol. The van der Waals surface area contributed by atoms with Gasteiger partial charge in [-0.05, 0) is 42.0 Å². The molecule has 11 heteroatoms. The van der Waals surface area contributed by atoms with Gasteiger partial charge in [0.2, 0.25) is 10.0 Å². The van der Waals surface area contributed by atoms with Crippen molar-refractivity contribution in [3.05, 3.63) is 59.9 Å². The van der Waals surface area contributed by atoms with Crippen molar-refractivity contribution in [2.24, 2.45) is 10.8 Å². The van der Waals surface area contributed by atoms with Gasteiger partial charge in [-0.2, -0.15) is 5.10 Å². The number of para-hydroxylation sites is 1. The number of rotatable bonds is 9. The summed E-state index contributed by atoms with van der Waals surface area (Å²) in [4.78, 5) is 22.7. The number of primary amides is 1. The molecule has 0 spiro atoms. The Bertz CT molecular complexity index is 1010. The standard InChI is InChI=1S/C18H19FN4O5S/c1-29(26,27)23(16-5-3-2-4-15(16)19)11-18(25)22-21-10-13-6-8-14(9-7-13)28-12-17(20)24/h2-10H,11-12H2,1H3,(H2,20,24)(H,22,25)/b21-10-. The van der Waals surface area contributed by atoms with Crippen molar-refractivity contribution in [1.82, 2.24) is 5.43 Å². The van der Waals surface area contributed by atoms with Crippen LogP contribution in [0.3, 0.4) is 0 Å². The zero-order valence-corrected chi connectivity index (χ0v) is 16.2. The van der Waals surface area contributed by atoms with Gasteiger partial charge in [0.1, 0.15) is 18.1 Å². The van der Waals surface area contributed by atoms with Gasteiger partial charge in [-0.1, -0.05) is 12.1 Å². The minimum atomic E-state index is -3.90. The Labute approximate surface area is 167 Å². The quantitative estimate of drug-likeness (QED) is 0.451. The largest absolute Gasteiger partial charge is 0.484 e. The number of hydrazone groups is 1. The number of anilines is 1. The van der Waals surface area contributed by atoms with Crippen LogP contribution >= 0.6 is 0 Å². The highest BCUT2D eigenvalue weighted by molar-refractivity contribution is 7.92. The molecule has 0 aliphatic carbocycles. The zero-order chi connectivity index (χ0) is 21.4. The van der Waals surface area contributed by atoms with E-state index in [9.17, 15) is 22.4 Å². The summed E-state index contributed by atoms with van der Waals surface area (Å²) >= 11 is 0. The zero-order valence-electron chi connectivity index (χ0n) is 15.4. The molecule has 0 bridgehead atoms. The van der Waals surface area contributed by atoms with Gasteiger partial charge in [-0.25, -0.2) is 18.2 Å². The van der Waals surface area contributed by atoms with E-state index in [1.54, 1.807) is 24.3 Å². The Morgan fingerprint density at radius 2 is 1.86 bits per heavy atom. The SMILES string of the molecule is CS(=O)(=O)N(CC(=O)N/N=C\c1ccc(OCC(N)=O)cc1)c1ccccc1F. The highest BCUT2D eigenvalue weighted by atomic mass is 32.2. The summed E-state index contributed by atoms with van der Waals surface area (Å²) in [7, 11) is -3.90. The van der Waals surface area contributed by atoms with Gasteiger partial charge in [0.15, 0.2) is 6.61 Å². The van der Waals surface area contributed by atoms with Gasteiger partial charge >= 0.3 is 0 Å². The second kappa shape index (κ2) is 9.64. The van der Waals surface area contributed by atoms with Crippen molar-refractivity contribution >= 4 is 33.7 Å². The lowest BCUT2D eigenvalue weighted by Gasteiger charge is -2.21. The maximum absolute atomic E-state index is 13.9. The number of nitrogens with two attached hydrogens (primary N) is 1. The first-order valence-electron chi connectivity index (χ1n) is 8.22. The van der Waals surface area contributed by atoms with Crippen LogP contribution in [0.4, 0.5) is 10.1 Å². The van der Waals surface area contributed by atoms with Gasteiger partial charge in [0.25, 0.3) is 11.8 Å². The molecule has 0 heterocycles. The van der Waals surface area contributed by atoms with Crippen LogP contribution < -0.4 is 20.2 Å². The Balaban J connectivity index is 1.98. The van der Waals surface area contributed by atoms with Crippen LogP contribution in [0.1, 0.15) is 5.56 Å². The molecular formula is C18H19FN4O5S. The fourth-order valence-corrected chi connectivity index (χ4v) is 3.04. The Morgan fingerprint density at radius 1 is 1.21 bits per heavy atom. The normalized spacial score (nSPS) is 11.2. The van der Waals surface area contributed by atoms with Crippen LogP contribution in [0.25, 0.3) is 0 Å². The third-order valence-electron chi connectivity index (χ3n) is 3.47. The van der Waals surface area contributed by atoms with Gasteiger partial charge in [-0.3, -0.25) is 13.9 Å². The molecule has 0 saturated heterocycles. The summed E-state index contributed by atoms with van der Waals surface area (Å²) in [5, 5.41) is 3.74. The summed E-state index contributed by atoms with van der Waals surface area (Å²) in [6.07, 6.45) is 2.20. The lowest BCUT2D eigenvalue weighted by molar-refractivity contribution is -0.120. The van der Waals surface area contributed by atoms with E-state index < -0.39 is 34.2 Å². The maximum Gasteiger partial charge on any atom is 0.260 e. The topological polar surface area (TPSA) is 131 Å². The number of benzene rings is 2. The number of sulfonamides is 1. The average Bonchev–Trinajstić information content (AvgIpc) is 2.65. The van der Waals surface area contributed by atoms with Gasteiger partial charge in [-0.15, -0.1) is 0 Å². The van der Waals surface area contributed by atoms with Crippen molar-refractivity contribution in [3.8, 4) is 5.75 Å². The second-order valence-electron chi connectivity index (χ2n) is 5.84. The molecule has 3 N–H and O–H groups in total. The van der Waals surface area contributed by atoms with Crippen LogP contribution in [-0.2, 0) is 19.6 Å². The van der Waals surface area contributed by atoms with E-state index in [1.165, 1.54) is 24.4 Å². The van der Waals surface area contributed by atoms with Crippen molar-refractivity contribution in [1.29, 1.82) is 0 Å². The molecule has 0 radical (unpaired) electrons. The summed E-state index contributed by atoms with van der Waals surface area (Å²) in [6.45, 7) is -0.890. The van der Waals surface area contributed by atoms with E-state index in [0.717, 1.165) is 12.3 Å². The molecule has 154 valence electrons. The molecule has 2 aromatic carbocycles. The summed E-state index contributed by atoms with van der Waals surface area (Å²) in [5.74, 6) is -1.69. The van der Waals surface area contributed by atoms with Crippen molar-refractivity contribution < 1.29 is 27.1 Å². The Kier molecular flexibility index (Phi) is 7.26. The molecule has 0 aliphatic heterocycles. The van der Waals surface area contributed by atoms with Crippen LogP contribution in [-0.4, -0.2) is 45.9 Å². The lowest BCUT2D eigenvalue weighted by Crippen LogP contribution is -2.39. The summed E-state index contributed by atoms with van der Waals surface area (Å²) < 4.78 is 43.6. The molecule has 0 saturated carbocycles. The van der Waals surface area contributed by atoms with Gasteiger partial charge < -0.3 is 10.5 Å².